The molecule has 0 spiro atoms. The molecule has 1 N–H and O–H groups in total. The molecule has 0 fully saturated rings. The lowest BCUT2D eigenvalue weighted by atomic mass is 10.0. The van der Waals surface area contributed by atoms with Crippen LogP contribution in [0, 0.1) is 17.2 Å². The first-order valence-electron chi connectivity index (χ1n) is 6.94. The zero-order chi connectivity index (χ0) is 16.7. The molecule has 6 heteroatoms. The van der Waals surface area contributed by atoms with Crippen LogP contribution < -0.4 is 10.1 Å². The van der Waals surface area contributed by atoms with E-state index in [-0.39, 0.29) is 5.92 Å². The van der Waals surface area contributed by atoms with Crippen molar-refractivity contribution in [2.75, 3.05) is 7.11 Å². The van der Waals surface area contributed by atoms with Crippen molar-refractivity contribution < 1.29 is 19.1 Å². The number of nitriles is 1. The number of para-hydroxylation sites is 1. The Morgan fingerprint density at radius 1 is 1.23 bits per heavy atom. The van der Waals surface area contributed by atoms with Gasteiger partial charge in [0.05, 0.1) is 12.7 Å². The van der Waals surface area contributed by atoms with Crippen molar-refractivity contribution in [1.82, 2.24) is 5.32 Å². The van der Waals surface area contributed by atoms with E-state index < -0.39 is 24.0 Å². The lowest BCUT2D eigenvalue weighted by molar-refractivity contribution is -0.147. The van der Waals surface area contributed by atoms with E-state index in [2.05, 4.69) is 10.1 Å². The van der Waals surface area contributed by atoms with Gasteiger partial charge in [0, 0.05) is 0 Å². The first-order chi connectivity index (χ1) is 10.4. The summed E-state index contributed by atoms with van der Waals surface area (Å²) in [5.41, 5.74) is 0.343. The van der Waals surface area contributed by atoms with Gasteiger partial charge in [0.2, 0.25) is 0 Å². The van der Waals surface area contributed by atoms with E-state index in [1.165, 1.54) is 7.11 Å². The van der Waals surface area contributed by atoms with Crippen molar-refractivity contribution in [3.05, 3.63) is 29.8 Å². The fourth-order valence-corrected chi connectivity index (χ4v) is 1.80. The van der Waals surface area contributed by atoms with Crippen molar-refractivity contribution in [2.24, 2.45) is 5.92 Å². The molecule has 1 rings (SSSR count). The Bertz CT molecular complexity index is 578. The summed E-state index contributed by atoms with van der Waals surface area (Å²) >= 11 is 0. The summed E-state index contributed by atoms with van der Waals surface area (Å²) in [6, 6.07) is 7.90. The molecular formula is C16H20N2O4. The van der Waals surface area contributed by atoms with E-state index in [0.717, 1.165) is 0 Å². The van der Waals surface area contributed by atoms with Gasteiger partial charge in [0.25, 0.3) is 5.91 Å². The van der Waals surface area contributed by atoms with E-state index >= 15 is 0 Å². The summed E-state index contributed by atoms with van der Waals surface area (Å²) in [5, 5.41) is 11.6. The number of carbonyl (C=O) groups excluding carboxylic acids is 2. The zero-order valence-corrected chi connectivity index (χ0v) is 13.1. The molecule has 1 amide bonds. The monoisotopic (exact) mass is 304 g/mol. The molecule has 0 saturated heterocycles. The number of nitrogens with zero attached hydrogens (tertiary/aromatic N) is 1. The van der Waals surface area contributed by atoms with E-state index in [4.69, 9.17) is 10.00 Å². The second-order valence-electron chi connectivity index (χ2n) is 5.12. The summed E-state index contributed by atoms with van der Waals surface area (Å²) in [4.78, 5) is 23.8. The Hall–Kier alpha value is -2.55. The molecule has 0 aromatic heterocycles. The molecule has 0 aliphatic rings. The molecule has 22 heavy (non-hydrogen) atoms. The molecule has 0 aliphatic heterocycles. The molecule has 0 heterocycles. The van der Waals surface area contributed by atoms with Crippen LogP contribution in [0.4, 0.5) is 0 Å². The van der Waals surface area contributed by atoms with Gasteiger partial charge in [0.1, 0.15) is 17.9 Å². The fraction of sp³-hybridized carbons (Fsp3) is 0.438. The number of hydrogen-bond donors (Lipinski definition) is 1. The summed E-state index contributed by atoms with van der Waals surface area (Å²) in [6.45, 7) is 5.16. The van der Waals surface area contributed by atoms with Crippen molar-refractivity contribution in [3.8, 4) is 11.8 Å². The van der Waals surface area contributed by atoms with Gasteiger partial charge in [0.15, 0.2) is 6.10 Å². The van der Waals surface area contributed by atoms with Gasteiger partial charge in [-0.1, -0.05) is 26.0 Å². The average Bonchev–Trinajstić information content (AvgIpc) is 2.51. The van der Waals surface area contributed by atoms with E-state index in [9.17, 15) is 9.59 Å². The second-order valence-corrected chi connectivity index (χ2v) is 5.12. The van der Waals surface area contributed by atoms with Crippen LogP contribution >= 0.6 is 0 Å². The molecule has 0 aliphatic carbocycles. The van der Waals surface area contributed by atoms with Crippen molar-refractivity contribution in [3.63, 3.8) is 0 Å². The minimum Gasteiger partial charge on any atom is -0.480 e. The Morgan fingerprint density at radius 3 is 2.41 bits per heavy atom. The normalized spacial score (nSPS) is 12.9. The van der Waals surface area contributed by atoms with Gasteiger partial charge in [-0.25, -0.2) is 4.79 Å². The molecule has 1 aromatic carbocycles. The van der Waals surface area contributed by atoms with Crippen LogP contribution in [0.3, 0.4) is 0 Å². The third-order valence-electron chi connectivity index (χ3n) is 3.10. The maximum Gasteiger partial charge on any atom is 0.328 e. The quantitative estimate of drug-likeness (QED) is 0.807. The van der Waals surface area contributed by atoms with Crippen molar-refractivity contribution >= 4 is 11.9 Å². The first-order valence-corrected chi connectivity index (χ1v) is 6.94. The summed E-state index contributed by atoms with van der Waals surface area (Å²) in [6.07, 6.45) is -0.847. The fourth-order valence-electron chi connectivity index (χ4n) is 1.80. The first kappa shape index (κ1) is 17.5. The summed E-state index contributed by atoms with van der Waals surface area (Å²) < 4.78 is 10.2. The van der Waals surface area contributed by atoms with E-state index in [0.29, 0.717) is 11.3 Å². The lowest BCUT2D eigenvalue weighted by Gasteiger charge is -2.22. The Balaban J connectivity index is 2.76. The van der Waals surface area contributed by atoms with Gasteiger partial charge in [-0.05, 0) is 25.0 Å². The predicted octanol–water partition coefficient (Wildman–Crippen LogP) is 1.64. The number of esters is 1. The molecular weight excluding hydrogens is 284 g/mol. The molecule has 0 bridgehead atoms. The van der Waals surface area contributed by atoms with Crippen LogP contribution in [0.1, 0.15) is 26.3 Å². The highest BCUT2D eigenvalue weighted by molar-refractivity contribution is 5.87. The Morgan fingerprint density at radius 2 is 1.86 bits per heavy atom. The topological polar surface area (TPSA) is 88.4 Å². The van der Waals surface area contributed by atoms with Gasteiger partial charge >= 0.3 is 5.97 Å². The van der Waals surface area contributed by atoms with Gasteiger partial charge in [-0.3, -0.25) is 4.79 Å². The average molecular weight is 304 g/mol. The second kappa shape index (κ2) is 8.03. The van der Waals surface area contributed by atoms with E-state index in [1.807, 2.05) is 6.07 Å². The smallest absolute Gasteiger partial charge is 0.328 e. The van der Waals surface area contributed by atoms with Gasteiger partial charge in [-0.15, -0.1) is 0 Å². The third kappa shape index (κ3) is 4.48. The molecule has 118 valence electrons. The summed E-state index contributed by atoms with van der Waals surface area (Å²) in [5.74, 6) is -0.744. The number of carbonyl (C=O) groups is 2. The molecule has 0 radical (unpaired) electrons. The van der Waals surface area contributed by atoms with Crippen LogP contribution in [0.25, 0.3) is 0 Å². The predicted molar refractivity (Wildman–Crippen MR) is 80.0 cm³/mol. The Labute approximate surface area is 130 Å². The minimum absolute atomic E-state index is 0.116. The lowest BCUT2D eigenvalue weighted by Crippen LogP contribution is -2.49. The van der Waals surface area contributed by atoms with Crippen molar-refractivity contribution in [2.45, 2.75) is 32.9 Å². The van der Waals surface area contributed by atoms with Gasteiger partial charge in [-0.2, -0.15) is 5.26 Å². The van der Waals surface area contributed by atoms with E-state index in [1.54, 1.807) is 45.0 Å². The van der Waals surface area contributed by atoms with Crippen molar-refractivity contribution in [1.29, 1.82) is 5.26 Å². The minimum atomic E-state index is -0.847. The van der Waals surface area contributed by atoms with Crippen LogP contribution in [-0.4, -0.2) is 31.1 Å². The van der Waals surface area contributed by atoms with Crippen LogP contribution in [0.5, 0.6) is 5.75 Å². The highest BCUT2D eigenvalue weighted by atomic mass is 16.5. The summed E-state index contributed by atoms with van der Waals surface area (Å²) in [7, 11) is 1.27. The SMILES string of the molecule is COC(=O)C(NC(=O)C(C)Oc1ccccc1C#N)C(C)C. The highest BCUT2D eigenvalue weighted by Crippen LogP contribution is 2.18. The molecule has 1 aromatic rings. The molecule has 0 saturated carbocycles. The number of benzene rings is 1. The number of nitrogens with one attached hydrogen (secondary N) is 1. The van der Waals surface area contributed by atoms with Crippen LogP contribution in [0.15, 0.2) is 24.3 Å². The standard InChI is InChI=1S/C16H20N2O4/c1-10(2)14(16(20)21-4)18-15(19)11(3)22-13-8-6-5-7-12(13)9-17/h5-8,10-11,14H,1-4H3,(H,18,19). The number of methoxy groups -OCH3 is 1. The van der Waals surface area contributed by atoms with Gasteiger partial charge < -0.3 is 14.8 Å². The number of amides is 1. The Kier molecular flexibility index (Phi) is 6.39. The molecule has 2 atom stereocenters. The maximum atomic E-state index is 12.2. The maximum absolute atomic E-state index is 12.2. The molecule has 6 nitrogen and oxygen atoms in total. The largest absolute Gasteiger partial charge is 0.480 e. The molecule has 2 unspecified atom stereocenters. The third-order valence-corrected chi connectivity index (χ3v) is 3.10. The number of ether oxygens (including phenoxy) is 2. The zero-order valence-electron chi connectivity index (χ0n) is 13.1. The van der Waals surface area contributed by atoms with Crippen LogP contribution in [0.2, 0.25) is 0 Å². The number of rotatable bonds is 6. The highest BCUT2D eigenvalue weighted by Gasteiger charge is 2.27. The number of hydrogen-bond acceptors (Lipinski definition) is 5. The van der Waals surface area contributed by atoms with Crippen LogP contribution in [-0.2, 0) is 14.3 Å².